The average Bonchev–Trinajstić information content (AvgIpc) is 3.12. The van der Waals surface area contributed by atoms with Crippen molar-refractivity contribution in [2.45, 2.75) is 31.5 Å². The summed E-state index contributed by atoms with van der Waals surface area (Å²) in [5.74, 6) is 0.398. The van der Waals surface area contributed by atoms with Gasteiger partial charge in [-0.15, -0.1) is 0 Å². The van der Waals surface area contributed by atoms with Gasteiger partial charge in [-0.1, -0.05) is 29.8 Å². The highest BCUT2D eigenvalue weighted by atomic mass is 16.6. The molecule has 1 aromatic heterocycles. The van der Waals surface area contributed by atoms with Crippen molar-refractivity contribution < 1.29 is 9.53 Å². The van der Waals surface area contributed by atoms with Gasteiger partial charge in [-0.3, -0.25) is 9.69 Å². The van der Waals surface area contributed by atoms with Gasteiger partial charge in [-0.25, -0.2) is 0 Å². The van der Waals surface area contributed by atoms with E-state index in [0.29, 0.717) is 12.0 Å². The number of piperidine rings is 3. The minimum absolute atomic E-state index is 0.0123. The van der Waals surface area contributed by atoms with Crippen molar-refractivity contribution in [1.82, 2.24) is 9.47 Å². The molecule has 5 aliphatic heterocycles. The molecule has 4 bridgehead atoms. The number of ether oxygens (including phenoxy) is 1. The van der Waals surface area contributed by atoms with Gasteiger partial charge >= 0.3 is 5.97 Å². The van der Waals surface area contributed by atoms with E-state index >= 15 is 0 Å². The Morgan fingerprint density at radius 2 is 2.12 bits per heavy atom. The molecule has 5 aliphatic rings. The van der Waals surface area contributed by atoms with Crippen LogP contribution in [-0.2, 0) is 16.6 Å². The SMILES string of the molecule is C/C=C1/CN2[C@@H]3[C@H]4C(=O)O[C@@H]3c3c(n(C)c5ccccc35)[C@@H]2C[C@@H]14. The number of aromatic nitrogens is 1. The number of hydrogen-bond donors (Lipinski definition) is 0. The van der Waals surface area contributed by atoms with Crippen LogP contribution in [0, 0.1) is 11.8 Å². The summed E-state index contributed by atoms with van der Waals surface area (Å²) >= 11 is 0. The standard InChI is InChI=1S/C20H20N2O2/c1-3-10-9-22-14-8-12(10)16-18(22)19(24-20(16)23)15-11-6-4-5-7-13(11)21(2)17(14)15/h3-7,12,14,16,18-19H,8-9H2,1-2H3/b10-3-/t12-,14-,16-,18+,19+/m0/s1. The number of carbonyl (C=O) groups excluding carboxylic acids is 1. The molecule has 6 heterocycles. The van der Waals surface area contributed by atoms with Crippen molar-refractivity contribution in [3.05, 3.63) is 47.2 Å². The van der Waals surface area contributed by atoms with Crippen LogP contribution in [0.25, 0.3) is 10.9 Å². The second kappa shape index (κ2) is 4.12. The summed E-state index contributed by atoms with van der Waals surface area (Å²) in [7, 11) is 2.16. The monoisotopic (exact) mass is 320 g/mol. The van der Waals surface area contributed by atoms with E-state index in [9.17, 15) is 4.79 Å². The number of carbonyl (C=O) groups is 1. The number of nitrogens with zero attached hydrogens (tertiary/aromatic N) is 2. The zero-order valence-corrected chi connectivity index (χ0v) is 13.9. The lowest BCUT2D eigenvalue weighted by molar-refractivity contribution is -0.145. The third kappa shape index (κ3) is 1.27. The molecule has 0 radical (unpaired) electrons. The number of allylic oxidation sites excluding steroid dienone is 1. The number of para-hydroxylation sites is 1. The predicted molar refractivity (Wildman–Crippen MR) is 90.3 cm³/mol. The summed E-state index contributed by atoms with van der Waals surface area (Å²) in [5.41, 5.74) is 5.31. The largest absolute Gasteiger partial charge is 0.455 e. The van der Waals surface area contributed by atoms with Gasteiger partial charge in [0.1, 0.15) is 6.10 Å². The van der Waals surface area contributed by atoms with Gasteiger partial charge in [0.25, 0.3) is 0 Å². The highest BCUT2D eigenvalue weighted by Gasteiger charge is 2.64. The van der Waals surface area contributed by atoms with E-state index in [1.165, 1.54) is 27.7 Å². The number of benzene rings is 1. The Kier molecular flexibility index (Phi) is 2.27. The van der Waals surface area contributed by atoms with Crippen LogP contribution in [0.1, 0.15) is 36.7 Å². The minimum Gasteiger partial charge on any atom is -0.455 e. The van der Waals surface area contributed by atoms with E-state index in [1.54, 1.807) is 0 Å². The third-order valence-corrected chi connectivity index (χ3v) is 6.89. The molecule has 2 aromatic rings. The molecule has 4 nitrogen and oxygen atoms in total. The first-order valence-electron chi connectivity index (χ1n) is 8.89. The number of hydrogen-bond acceptors (Lipinski definition) is 3. The van der Waals surface area contributed by atoms with Crippen molar-refractivity contribution in [3.63, 3.8) is 0 Å². The van der Waals surface area contributed by atoms with E-state index in [-0.39, 0.29) is 24.0 Å². The summed E-state index contributed by atoms with van der Waals surface area (Å²) in [5, 5.41) is 1.26. The molecule has 1 aromatic carbocycles. The van der Waals surface area contributed by atoms with Gasteiger partial charge in [-0.05, 0) is 25.3 Å². The van der Waals surface area contributed by atoms with Crippen LogP contribution in [0.2, 0.25) is 0 Å². The second-order valence-electron chi connectivity index (χ2n) is 7.64. The van der Waals surface area contributed by atoms with Crippen molar-refractivity contribution in [2.24, 2.45) is 18.9 Å². The van der Waals surface area contributed by atoms with E-state index in [1.807, 2.05) is 0 Å². The van der Waals surface area contributed by atoms with Gasteiger partial charge in [0.2, 0.25) is 0 Å². The van der Waals surface area contributed by atoms with Crippen molar-refractivity contribution in [3.8, 4) is 0 Å². The van der Waals surface area contributed by atoms with Crippen molar-refractivity contribution in [2.75, 3.05) is 6.54 Å². The van der Waals surface area contributed by atoms with Crippen LogP contribution < -0.4 is 0 Å². The van der Waals surface area contributed by atoms with Crippen LogP contribution in [-0.4, -0.2) is 28.0 Å². The van der Waals surface area contributed by atoms with Crippen molar-refractivity contribution in [1.29, 1.82) is 0 Å². The normalized spacial score (nSPS) is 40.2. The lowest BCUT2D eigenvalue weighted by Crippen LogP contribution is -2.60. The predicted octanol–water partition coefficient (Wildman–Crippen LogP) is 3.10. The number of fused-ring (bicyclic) bond motifs is 5. The number of rotatable bonds is 0. The highest BCUT2D eigenvalue weighted by molar-refractivity contribution is 5.89. The molecule has 6 atom stereocenters. The summed E-state index contributed by atoms with van der Waals surface area (Å²) in [6.07, 6.45) is 3.16. The van der Waals surface area contributed by atoms with Crippen molar-refractivity contribution >= 4 is 16.9 Å². The van der Waals surface area contributed by atoms with E-state index in [0.717, 1.165) is 13.0 Å². The molecule has 4 saturated heterocycles. The van der Waals surface area contributed by atoms with Crippen LogP contribution in [0.4, 0.5) is 0 Å². The quantitative estimate of drug-likeness (QED) is 0.552. The Morgan fingerprint density at radius 3 is 2.96 bits per heavy atom. The molecule has 1 unspecified atom stereocenters. The molecule has 0 saturated carbocycles. The zero-order valence-electron chi connectivity index (χ0n) is 13.9. The minimum atomic E-state index is -0.0962. The summed E-state index contributed by atoms with van der Waals surface area (Å²) in [6.45, 7) is 3.09. The van der Waals surface area contributed by atoms with Gasteiger partial charge in [0.05, 0.1) is 18.0 Å². The molecule has 0 spiro atoms. The maximum Gasteiger partial charge on any atom is 0.311 e. The fourth-order valence-corrected chi connectivity index (χ4v) is 5.99. The lowest BCUT2D eigenvalue weighted by Gasteiger charge is -2.56. The number of aryl methyl sites for hydroxylation is 1. The molecule has 24 heavy (non-hydrogen) atoms. The van der Waals surface area contributed by atoms with Gasteiger partial charge in [0, 0.05) is 35.8 Å². The van der Waals surface area contributed by atoms with Crippen LogP contribution >= 0.6 is 0 Å². The first kappa shape index (κ1) is 13.2. The Balaban J connectivity index is 1.68. The van der Waals surface area contributed by atoms with Crippen LogP contribution in [0.3, 0.4) is 0 Å². The second-order valence-corrected chi connectivity index (χ2v) is 7.64. The molecule has 0 aliphatic carbocycles. The lowest BCUT2D eigenvalue weighted by atomic mass is 9.64. The molecular formula is C20H20N2O2. The summed E-state index contributed by atoms with van der Waals surface area (Å²) < 4.78 is 8.33. The first-order chi connectivity index (χ1) is 11.7. The summed E-state index contributed by atoms with van der Waals surface area (Å²) in [6, 6.07) is 9.18. The van der Waals surface area contributed by atoms with Crippen LogP contribution in [0.15, 0.2) is 35.9 Å². The van der Waals surface area contributed by atoms with Gasteiger partial charge < -0.3 is 9.30 Å². The van der Waals surface area contributed by atoms with Crippen LogP contribution in [0.5, 0.6) is 0 Å². The maximum absolute atomic E-state index is 12.7. The smallest absolute Gasteiger partial charge is 0.311 e. The van der Waals surface area contributed by atoms with E-state index in [4.69, 9.17) is 4.74 Å². The fraction of sp³-hybridized carbons (Fsp3) is 0.450. The van der Waals surface area contributed by atoms with E-state index < -0.39 is 0 Å². The first-order valence-corrected chi connectivity index (χ1v) is 8.89. The zero-order chi connectivity index (χ0) is 16.2. The van der Waals surface area contributed by atoms with E-state index in [2.05, 4.69) is 53.8 Å². The molecule has 7 rings (SSSR count). The molecule has 0 amide bonds. The Bertz CT molecular complexity index is 941. The van der Waals surface area contributed by atoms with Gasteiger partial charge in [0.15, 0.2) is 0 Å². The Hall–Kier alpha value is -2.07. The molecule has 122 valence electrons. The molecule has 4 fully saturated rings. The third-order valence-electron chi connectivity index (χ3n) is 6.89. The average molecular weight is 320 g/mol. The Morgan fingerprint density at radius 1 is 1.29 bits per heavy atom. The fourth-order valence-electron chi connectivity index (χ4n) is 5.99. The maximum atomic E-state index is 12.7. The topological polar surface area (TPSA) is 34.5 Å². The molecule has 0 N–H and O–H groups in total. The number of esters is 1. The highest BCUT2D eigenvalue weighted by Crippen LogP contribution is 2.61. The Labute approximate surface area is 140 Å². The molecular weight excluding hydrogens is 300 g/mol. The summed E-state index contributed by atoms with van der Waals surface area (Å²) in [4.78, 5) is 15.3. The van der Waals surface area contributed by atoms with Gasteiger partial charge in [-0.2, -0.15) is 0 Å². The molecule has 4 heteroatoms.